The molecule has 1 rings (SSSR count). The fraction of sp³-hybridized carbons (Fsp3) is 0.571. The summed E-state index contributed by atoms with van der Waals surface area (Å²) in [5.74, 6) is 0. The van der Waals surface area contributed by atoms with E-state index in [1.165, 1.54) is 5.22 Å². The lowest BCUT2D eigenvalue weighted by molar-refractivity contribution is 0.506. The van der Waals surface area contributed by atoms with Gasteiger partial charge in [0.2, 0.25) is 0 Å². The van der Waals surface area contributed by atoms with Gasteiger partial charge < -0.3 is 4.42 Å². The molecule has 1 aromatic rings. The number of furan rings is 1. The van der Waals surface area contributed by atoms with Gasteiger partial charge in [-0.1, -0.05) is 47.6 Å². The summed E-state index contributed by atoms with van der Waals surface area (Å²) in [6.45, 7) is 13.1. The van der Waals surface area contributed by atoms with E-state index in [4.69, 9.17) is 4.42 Å². The third-order valence-corrected chi connectivity index (χ3v) is 1.88. The largest absolute Gasteiger partial charge is 0.465 e. The van der Waals surface area contributed by atoms with Gasteiger partial charge in [0.25, 0.3) is 0 Å². The minimum Gasteiger partial charge on any atom is -0.465 e. The van der Waals surface area contributed by atoms with Crippen molar-refractivity contribution in [3.8, 4) is 0 Å². The molecule has 0 atom stereocenters. The maximum absolute atomic E-state index is 5.50. The number of rotatable bonds is 0. The van der Waals surface area contributed by atoms with Crippen molar-refractivity contribution in [2.24, 2.45) is 10.8 Å². The van der Waals surface area contributed by atoms with Crippen LogP contribution >= 0.6 is 0 Å². The predicted molar refractivity (Wildman–Crippen MR) is 65.8 cm³/mol. The van der Waals surface area contributed by atoms with Gasteiger partial charge in [0, 0.05) is 5.22 Å². The van der Waals surface area contributed by atoms with Crippen molar-refractivity contribution in [3.05, 3.63) is 23.0 Å². The van der Waals surface area contributed by atoms with Crippen LogP contribution in [-0.2, 0) is 0 Å². The lowest BCUT2D eigenvalue weighted by Gasteiger charge is -2.11. The van der Waals surface area contributed by atoms with E-state index in [9.17, 15) is 0 Å². The van der Waals surface area contributed by atoms with Gasteiger partial charge in [-0.2, -0.15) is 0 Å². The highest BCUT2D eigenvalue weighted by molar-refractivity contribution is 5.34. The Kier molecular flexibility index (Phi) is 3.13. The molecular weight excluding hydrogens is 184 g/mol. The molecule has 1 aromatic heterocycles. The maximum atomic E-state index is 5.50. The average Bonchev–Trinajstić information content (AvgIpc) is 2.29. The fourth-order valence-electron chi connectivity index (χ4n) is 1.43. The van der Waals surface area contributed by atoms with Crippen LogP contribution in [0.15, 0.2) is 16.7 Å². The Hall–Kier alpha value is -0.980. The Balaban J connectivity index is 3.31. The normalized spacial score (nSPS) is 16.1. The van der Waals surface area contributed by atoms with Crippen molar-refractivity contribution < 1.29 is 4.42 Å². The van der Waals surface area contributed by atoms with E-state index in [0.29, 0.717) is 0 Å². The summed E-state index contributed by atoms with van der Waals surface area (Å²) in [5.41, 5.74) is 1.32. The van der Waals surface area contributed by atoms with Gasteiger partial charge in [-0.3, -0.25) is 0 Å². The third kappa shape index (κ3) is 4.37. The third-order valence-electron chi connectivity index (χ3n) is 1.88. The smallest absolute Gasteiger partial charge is 0.130 e. The Bertz CT molecular complexity index is 381. The SMILES string of the molecule is CC(C)(C)/C=c1\occ\c1=C/C(C)(C)C. The first-order valence-electron chi connectivity index (χ1n) is 5.47. The molecule has 15 heavy (non-hydrogen) atoms. The first kappa shape index (κ1) is 12.1. The topological polar surface area (TPSA) is 13.1 Å². The summed E-state index contributed by atoms with van der Waals surface area (Å²) >= 11 is 0. The van der Waals surface area contributed by atoms with Crippen LogP contribution < -0.4 is 10.6 Å². The molecule has 0 aromatic carbocycles. The zero-order valence-corrected chi connectivity index (χ0v) is 10.7. The Labute approximate surface area is 92.5 Å². The van der Waals surface area contributed by atoms with Crippen LogP contribution in [0.2, 0.25) is 0 Å². The van der Waals surface area contributed by atoms with Crippen LogP contribution in [-0.4, -0.2) is 0 Å². The van der Waals surface area contributed by atoms with Gasteiger partial charge in [-0.05, 0) is 23.0 Å². The molecule has 0 unspecified atom stereocenters. The molecule has 0 aliphatic rings. The lowest BCUT2D eigenvalue weighted by Crippen LogP contribution is -2.24. The fourth-order valence-corrected chi connectivity index (χ4v) is 1.43. The van der Waals surface area contributed by atoms with E-state index in [-0.39, 0.29) is 10.8 Å². The van der Waals surface area contributed by atoms with Gasteiger partial charge in [-0.15, -0.1) is 0 Å². The van der Waals surface area contributed by atoms with E-state index in [0.717, 1.165) is 5.42 Å². The van der Waals surface area contributed by atoms with Crippen molar-refractivity contribution in [1.82, 2.24) is 0 Å². The number of hydrogen-bond donors (Lipinski definition) is 0. The first-order valence-corrected chi connectivity index (χ1v) is 5.47. The summed E-state index contributed by atoms with van der Waals surface area (Å²) in [7, 11) is 0. The molecule has 0 saturated carbocycles. The second kappa shape index (κ2) is 3.88. The number of hydrogen-bond acceptors (Lipinski definition) is 1. The second-order valence-electron chi connectivity index (χ2n) is 6.26. The van der Waals surface area contributed by atoms with Gasteiger partial charge >= 0.3 is 0 Å². The van der Waals surface area contributed by atoms with E-state index >= 15 is 0 Å². The van der Waals surface area contributed by atoms with Gasteiger partial charge in [0.05, 0.1) is 6.26 Å². The lowest BCUT2D eigenvalue weighted by atomic mass is 9.94. The molecule has 0 bridgehead atoms. The molecule has 0 saturated heterocycles. The van der Waals surface area contributed by atoms with Crippen LogP contribution in [0.3, 0.4) is 0 Å². The van der Waals surface area contributed by atoms with Gasteiger partial charge in [0.1, 0.15) is 5.42 Å². The standard InChI is InChI=1S/C14H22O/c1-13(2,3)9-11-7-8-15-12(11)10-14(4,5)6/h7-10H,1-6H3/b11-9+,12-10-. The van der Waals surface area contributed by atoms with Crippen LogP contribution in [0.5, 0.6) is 0 Å². The first-order chi connectivity index (χ1) is 6.67. The average molecular weight is 206 g/mol. The summed E-state index contributed by atoms with van der Waals surface area (Å²) in [6.07, 6.45) is 6.17. The van der Waals surface area contributed by atoms with Crippen molar-refractivity contribution in [1.29, 1.82) is 0 Å². The minimum absolute atomic E-state index is 0.151. The Morgan fingerprint density at radius 3 is 1.93 bits per heavy atom. The molecular formula is C14H22O. The molecule has 1 heteroatoms. The van der Waals surface area contributed by atoms with Gasteiger partial charge in [-0.25, -0.2) is 0 Å². The van der Waals surface area contributed by atoms with Crippen molar-refractivity contribution in [2.45, 2.75) is 41.5 Å². The zero-order valence-electron chi connectivity index (χ0n) is 10.7. The molecule has 0 N–H and O–H groups in total. The molecule has 1 heterocycles. The minimum atomic E-state index is 0.151. The quantitative estimate of drug-likeness (QED) is 0.636. The molecule has 0 aliphatic heterocycles. The Morgan fingerprint density at radius 2 is 1.47 bits per heavy atom. The van der Waals surface area contributed by atoms with Crippen LogP contribution in [0.25, 0.3) is 12.2 Å². The highest BCUT2D eigenvalue weighted by Gasteiger charge is 2.08. The van der Waals surface area contributed by atoms with Crippen LogP contribution in [0, 0.1) is 10.8 Å². The summed E-state index contributed by atoms with van der Waals surface area (Å²) in [4.78, 5) is 0. The van der Waals surface area contributed by atoms with E-state index in [1.807, 2.05) is 6.07 Å². The molecule has 0 fully saturated rings. The van der Waals surface area contributed by atoms with Crippen LogP contribution in [0.4, 0.5) is 0 Å². The molecule has 0 amide bonds. The molecule has 1 nitrogen and oxygen atoms in total. The van der Waals surface area contributed by atoms with E-state index < -0.39 is 0 Å². The van der Waals surface area contributed by atoms with E-state index in [2.05, 4.69) is 53.7 Å². The highest BCUT2D eigenvalue weighted by Crippen LogP contribution is 2.15. The molecule has 84 valence electrons. The second-order valence-corrected chi connectivity index (χ2v) is 6.26. The predicted octanol–water partition coefficient (Wildman–Crippen LogP) is 2.93. The molecule has 0 aliphatic carbocycles. The van der Waals surface area contributed by atoms with E-state index in [1.54, 1.807) is 6.26 Å². The summed E-state index contributed by atoms with van der Waals surface area (Å²) in [5, 5.41) is 1.19. The highest BCUT2D eigenvalue weighted by atomic mass is 16.3. The van der Waals surface area contributed by atoms with Crippen molar-refractivity contribution in [2.75, 3.05) is 0 Å². The van der Waals surface area contributed by atoms with Gasteiger partial charge in [0.15, 0.2) is 0 Å². The molecule has 0 radical (unpaired) electrons. The Morgan fingerprint density at radius 1 is 0.933 bits per heavy atom. The monoisotopic (exact) mass is 206 g/mol. The van der Waals surface area contributed by atoms with Crippen LogP contribution in [0.1, 0.15) is 41.5 Å². The summed E-state index contributed by atoms with van der Waals surface area (Å²) < 4.78 is 5.50. The maximum Gasteiger partial charge on any atom is 0.130 e. The molecule has 0 spiro atoms. The van der Waals surface area contributed by atoms with Crippen molar-refractivity contribution in [3.63, 3.8) is 0 Å². The van der Waals surface area contributed by atoms with Crippen molar-refractivity contribution >= 4 is 12.2 Å². The zero-order chi connectivity index (χ0) is 11.7. The summed E-state index contributed by atoms with van der Waals surface area (Å²) in [6, 6.07) is 2.03.